The van der Waals surface area contributed by atoms with E-state index in [2.05, 4.69) is 6.92 Å². The number of aliphatic hydroxyl groups is 5. The lowest BCUT2D eigenvalue weighted by atomic mass is 9.45. The second-order valence-electron chi connectivity index (χ2n) is 12.9. The summed E-state index contributed by atoms with van der Waals surface area (Å²) >= 11 is 0. The fraction of sp³-hybridized carbons (Fsp3) is 0.733. The molecule has 12 atom stereocenters. The highest BCUT2D eigenvalue weighted by Crippen LogP contribution is 2.69. The molecule has 0 unspecified atom stereocenters. The highest BCUT2D eigenvalue weighted by Gasteiger charge is 2.67. The Morgan fingerprint density at radius 2 is 1.82 bits per heavy atom. The molecule has 0 amide bonds. The quantitative estimate of drug-likeness (QED) is 0.260. The van der Waals surface area contributed by atoms with Gasteiger partial charge in [0.15, 0.2) is 6.29 Å². The van der Waals surface area contributed by atoms with Gasteiger partial charge in [-0.25, -0.2) is 4.79 Å². The molecule has 0 spiro atoms. The van der Waals surface area contributed by atoms with Crippen LogP contribution in [0.15, 0.2) is 39.3 Å². The van der Waals surface area contributed by atoms with E-state index in [9.17, 15) is 35.1 Å². The number of aliphatic hydroxyl groups excluding tert-OH is 4. The molecule has 6 rings (SSSR count). The van der Waals surface area contributed by atoms with Crippen LogP contribution in [0.2, 0.25) is 0 Å². The van der Waals surface area contributed by atoms with E-state index in [1.807, 2.05) is 12.1 Å². The Morgan fingerprint density at radius 3 is 2.52 bits per heavy atom. The van der Waals surface area contributed by atoms with Crippen molar-refractivity contribution in [3.05, 3.63) is 46.0 Å². The summed E-state index contributed by atoms with van der Waals surface area (Å²) in [5, 5.41) is 52.5. The number of allylic oxidation sites excluding steroid dienone is 1. The van der Waals surface area contributed by atoms with Crippen molar-refractivity contribution in [3.8, 4) is 0 Å². The summed E-state index contributed by atoms with van der Waals surface area (Å²) in [6.45, 7) is 1.62. The smallest absolute Gasteiger partial charge is 0.335 e. The third-order valence-electron chi connectivity index (χ3n) is 11.4. The first-order chi connectivity index (χ1) is 19.1. The van der Waals surface area contributed by atoms with Crippen LogP contribution in [0.1, 0.15) is 69.8 Å². The van der Waals surface area contributed by atoms with Crippen molar-refractivity contribution in [2.24, 2.45) is 22.7 Å². The molecule has 40 heavy (non-hydrogen) atoms. The highest BCUT2D eigenvalue weighted by molar-refractivity contribution is 5.67. The van der Waals surface area contributed by atoms with Gasteiger partial charge in [0.2, 0.25) is 0 Å². The van der Waals surface area contributed by atoms with Crippen LogP contribution in [0.25, 0.3) is 0 Å². The maximum Gasteiger partial charge on any atom is 0.335 e. The Labute approximate surface area is 232 Å². The van der Waals surface area contributed by atoms with Gasteiger partial charge in [0.25, 0.3) is 0 Å². The van der Waals surface area contributed by atoms with E-state index in [0.717, 1.165) is 43.1 Å². The summed E-state index contributed by atoms with van der Waals surface area (Å²) in [7, 11) is 0. The van der Waals surface area contributed by atoms with Gasteiger partial charge in [-0.05, 0) is 80.8 Å². The van der Waals surface area contributed by atoms with Gasteiger partial charge in [-0.15, -0.1) is 0 Å². The molecule has 5 N–H and O–H groups in total. The van der Waals surface area contributed by atoms with Crippen molar-refractivity contribution < 1.29 is 44.2 Å². The molecule has 220 valence electrons. The van der Waals surface area contributed by atoms with Crippen molar-refractivity contribution >= 4 is 6.29 Å². The Bertz CT molecular complexity index is 1190. The molecule has 2 heterocycles. The van der Waals surface area contributed by atoms with Gasteiger partial charge in [0, 0.05) is 11.5 Å². The highest BCUT2D eigenvalue weighted by atomic mass is 16.7. The lowest BCUT2D eigenvalue weighted by Gasteiger charge is -2.61. The Balaban J connectivity index is 1.23. The van der Waals surface area contributed by atoms with Crippen molar-refractivity contribution in [3.63, 3.8) is 0 Å². The maximum absolute atomic E-state index is 12.9. The van der Waals surface area contributed by atoms with Gasteiger partial charge in [0.1, 0.15) is 30.7 Å². The van der Waals surface area contributed by atoms with E-state index in [0.29, 0.717) is 25.7 Å². The molecule has 1 aromatic heterocycles. The number of hydrogen-bond donors (Lipinski definition) is 5. The molecule has 10 nitrogen and oxygen atoms in total. The second kappa shape index (κ2) is 10.1. The number of rotatable bonds is 5. The number of carbonyl (C=O) groups is 1. The molecule has 0 radical (unpaired) electrons. The minimum atomic E-state index is -1.52. The number of ether oxygens (including phenoxy) is 2. The van der Waals surface area contributed by atoms with Crippen molar-refractivity contribution in [2.75, 3.05) is 6.61 Å². The lowest BCUT2D eigenvalue weighted by Crippen LogP contribution is -2.61. The zero-order valence-electron chi connectivity index (χ0n) is 22.7. The van der Waals surface area contributed by atoms with Crippen LogP contribution >= 0.6 is 0 Å². The molecule has 4 aliphatic carbocycles. The van der Waals surface area contributed by atoms with E-state index in [4.69, 9.17) is 13.9 Å². The van der Waals surface area contributed by atoms with Gasteiger partial charge < -0.3 is 44.2 Å². The van der Waals surface area contributed by atoms with Crippen molar-refractivity contribution in [2.45, 2.75) is 107 Å². The molecule has 1 saturated heterocycles. The molecule has 4 fully saturated rings. The van der Waals surface area contributed by atoms with Crippen LogP contribution in [0.4, 0.5) is 0 Å². The van der Waals surface area contributed by atoms with Crippen LogP contribution < -0.4 is 5.63 Å². The molecule has 1 aromatic rings. The normalized spacial score (nSPS) is 48.5. The van der Waals surface area contributed by atoms with Crippen LogP contribution in [0, 0.1) is 22.7 Å². The Morgan fingerprint density at radius 1 is 1.02 bits per heavy atom. The molecule has 0 aromatic carbocycles. The summed E-state index contributed by atoms with van der Waals surface area (Å²) in [4.78, 5) is 24.5. The zero-order chi connectivity index (χ0) is 28.4. The van der Waals surface area contributed by atoms with E-state index >= 15 is 0 Å². The summed E-state index contributed by atoms with van der Waals surface area (Å²) in [6, 6.07) is 3.25. The fourth-order valence-corrected chi connectivity index (χ4v) is 9.15. The van der Waals surface area contributed by atoms with Gasteiger partial charge in [-0.3, -0.25) is 0 Å². The van der Waals surface area contributed by atoms with Gasteiger partial charge in [-0.2, -0.15) is 0 Å². The summed E-state index contributed by atoms with van der Waals surface area (Å²) in [5.74, 6) is 0.00979. The fourth-order valence-electron chi connectivity index (χ4n) is 9.15. The van der Waals surface area contributed by atoms with E-state index in [1.54, 1.807) is 0 Å². The Hall–Kier alpha value is -1.92. The second-order valence-corrected chi connectivity index (χ2v) is 12.9. The van der Waals surface area contributed by atoms with E-state index < -0.39 is 65.5 Å². The first kappa shape index (κ1) is 28.2. The summed E-state index contributed by atoms with van der Waals surface area (Å²) < 4.78 is 16.7. The van der Waals surface area contributed by atoms with E-state index in [-0.39, 0.29) is 17.8 Å². The predicted molar refractivity (Wildman–Crippen MR) is 140 cm³/mol. The first-order valence-corrected chi connectivity index (χ1v) is 14.5. The average Bonchev–Trinajstić information content (AvgIpc) is 3.24. The standard InChI is InChI=1S/C30H40O10/c1-28-9-7-20-21(30(28,37)11-8-19(28)16-2-5-23(33)38-14-16)4-3-17-12-18(6-10-29(17,20)15-32)39-27-26(36)25(35)24(34)22(13-31)40-27/h2,5,12,14-15,18-22,24-27,31,34-37H,3-4,6-11,13H2,1H3/t18-,19+,20-,21+,22+,24-,25-,26+,27-,28+,29-,30-/m0/s1. The monoisotopic (exact) mass is 560 g/mol. The van der Waals surface area contributed by atoms with Gasteiger partial charge in [0.05, 0.1) is 30.0 Å². The molecule has 3 saturated carbocycles. The van der Waals surface area contributed by atoms with Crippen LogP contribution in [0.5, 0.6) is 0 Å². The third-order valence-corrected chi connectivity index (χ3v) is 11.4. The summed E-state index contributed by atoms with van der Waals surface area (Å²) in [6.07, 6.45) is 2.69. The SMILES string of the molecule is C[C@]12CC[C@H]3[C@@H](CCC4=C[C@@H](O[C@H]5O[C@H](CO)[C@H](O)[C@H](O)[C@H]5O)CC[C@]43C=O)[C@@]1(O)CC[C@@H]2c1ccc(=O)oc1. The number of fused-ring (bicyclic) bond motifs is 5. The van der Waals surface area contributed by atoms with Crippen molar-refractivity contribution in [1.82, 2.24) is 0 Å². The number of carbonyl (C=O) groups excluding carboxylic acids is 1. The molecule has 10 heteroatoms. The topological polar surface area (TPSA) is 167 Å². The van der Waals surface area contributed by atoms with E-state index in [1.165, 1.54) is 12.3 Å². The number of hydrogen-bond acceptors (Lipinski definition) is 10. The Kier molecular flexibility index (Phi) is 7.13. The van der Waals surface area contributed by atoms with Crippen LogP contribution in [0.3, 0.4) is 0 Å². The molecule has 5 aliphatic rings. The molecule has 1 aliphatic heterocycles. The molecule has 0 bridgehead atoms. The average molecular weight is 561 g/mol. The van der Waals surface area contributed by atoms with Gasteiger partial charge in [-0.1, -0.05) is 18.6 Å². The number of aldehydes is 1. The molecular formula is C30H40O10. The summed E-state index contributed by atoms with van der Waals surface area (Å²) in [5.41, 5.74) is -0.520. The maximum atomic E-state index is 12.9. The minimum Gasteiger partial charge on any atom is -0.431 e. The third kappa shape index (κ3) is 4.02. The zero-order valence-corrected chi connectivity index (χ0v) is 22.7. The predicted octanol–water partition coefficient (Wildman–Crippen LogP) is 1.17. The largest absolute Gasteiger partial charge is 0.431 e. The van der Waals surface area contributed by atoms with Crippen LogP contribution in [-0.4, -0.2) is 80.8 Å². The first-order valence-electron chi connectivity index (χ1n) is 14.5. The van der Waals surface area contributed by atoms with Crippen LogP contribution in [-0.2, 0) is 14.3 Å². The van der Waals surface area contributed by atoms with Crippen molar-refractivity contribution in [1.29, 1.82) is 0 Å². The van der Waals surface area contributed by atoms with Gasteiger partial charge >= 0.3 is 5.63 Å². The minimum absolute atomic E-state index is 0.0104. The molecular weight excluding hydrogens is 520 g/mol. The lowest BCUT2D eigenvalue weighted by molar-refractivity contribution is -0.308.